The van der Waals surface area contributed by atoms with Crippen LogP contribution in [0.25, 0.3) is 0 Å². The Morgan fingerprint density at radius 2 is 1.92 bits per heavy atom. The molecule has 2 heterocycles. The van der Waals surface area contributed by atoms with Gasteiger partial charge in [-0.15, -0.1) is 11.8 Å². The van der Waals surface area contributed by atoms with Crippen LogP contribution in [0.3, 0.4) is 0 Å². The van der Waals surface area contributed by atoms with Gasteiger partial charge in [0.25, 0.3) is 0 Å². The fourth-order valence-electron chi connectivity index (χ4n) is 4.78. The average Bonchev–Trinajstić information content (AvgIpc) is 3.29. The maximum Gasteiger partial charge on any atom is 0.230 e. The summed E-state index contributed by atoms with van der Waals surface area (Å²) in [6.07, 6.45) is 8.31. The van der Waals surface area contributed by atoms with E-state index in [9.17, 15) is 9.59 Å². The van der Waals surface area contributed by atoms with Crippen LogP contribution in [0.1, 0.15) is 60.4 Å². The van der Waals surface area contributed by atoms with Gasteiger partial charge in [-0.2, -0.15) is 0 Å². The number of hydrogen-bond donors (Lipinski definition) is 0. The van der Waals surface area contributed by atoms with Crippen molar-refractivity contribution in [1.29, 1.82) is 0 Å². The van der Waals surface area contributed by atoms with Gasteiger partial charge in [-0.05, 0) is 69.1 Å². The highest BCUT2D eigenvalue weighted by molar-refractivity contribution is 7.98. The van der Waals surface area contributed by atoms with Crippen LogP contribution in [0.5, 0.6) is 0 Å². The minimum absolute atomic E-state index is 0.127. The first-order chi connectivity index (χ1) is 12.7. The second-order valence-electron chi connectivity index (χ2n) is 7.82. The van der Waals surface area contributed by atoms with Crippen LogP contribution in [0.4, 0.5) is 0 Å². The molecule has 0 N–H and O–H groups in total. The summed E-state index contributed by atoms with van der Waals surface area (Å²) in [5.74, 6) is 0.0350. The van der Waals surface area contributed by atoms with Gasteiger partial charge in [0.2, 0.25) is 5.91 Å². The Morgan fingerprint density at radius 1 is 1.15 bits per heavy atom. The maximum absolute atomic E-state index is 13.4. The summed E-state index contributed by atoms with van der Waals surface area (Å²) in [5, 5.41) is 0. The molecule has 4 rings (SSSR count). The fraction of sp³-hybridized carbons (Fsp3) is 0.619. The van der Waals surface area contributed by atoms with Crippen LogP contribution in [-0.2, 0) is 4.79 Å². The van der Waals surface area contributed by atoms with Gasteiger partial charge in [-0.25, -0.2) is 0 Å². The number of carbonyl (C=O) groups is 2. The highest BCUT2D eigenvalue weighted by Gasteiger charge is 2.39. The summed E-state index contributed by atoms with van der Waals surface area (Å²) in [6.45, 7) is 4.19. The topological polar surface area (TPSA) is 40.6 Å². The molecule has 2 unspecified atom stereocenters. The van der Waals surface area contributed by atoms with E-state index in [1.807, 2.05) is 24.5 Å². The molecule has 4 nitrogen and oxygen atoms in total. The minimum atomic E-state index is -0.271. The molecule has 1 amide bonds. The summed E-state index contributed by atoms with van der Waals surface area (Å²) in [5.41, 5.74) is 1.71. The number of benzene rings is 1. The molecule has 26 heavy (non-hydrogen) atoms. The number of carbonyl (C=O) groups excluding carboxylic acids is 2. The quantitative estimate of drug-likeness (QED) is 0.758. The molecule has 2 fully saturated rings. The van der Waals surface area contributed by atoms with Gasteiger partial charge in [-0.3, -0.25) is 9.59 Å². The number of hydrogen-bond acceptors (Lipinski definition) is 4. The van der Waals surface area contributed by atoms with Gasteiger partial charge in [0, 0.05) is 36.0 Å². The van der Waals surface area contributed by atoms with Crippen molar-refractivity contribution < 1.29 is 9.59 Å². The number of piperidine rings is 1. The number of rotatable bonds is 4. The Hall–Kier alpha value is -1.33. The third-order valence-electron chi connectivity index (χ3n) is 6.20. The summed E-state index contributed by atoms with van der Waals surface area (Å²) in [4.78, 5) is 31.6. The first kappa shape index (κ1) is 18.1. The summed E-state index contributed by atoms with van der Waals surface area (Å²) in [7, 11) is 0. The molecule has 1 aliphatic carbocycles. The van der Waals surface area contributed by atoms with Crippen molar-refractivity contribution in [3.8, 4) is 0 Å². The first-order valence-corrected chi connectivity index (χ1v) is 11.1. The molecule has 140 valence electrons. The molecular weight excluding hydrogens is 344 g/mol. The predicted molar refractivity (Wildman–Crippen MR) is 105 cm³/mol. The van der Waals surface area contributed by atoms with Crippen molar-refractivity contribution in [2.75, 3.05) is 32.4 Å². The van der Waals surface area contributed by atoms with E-state index in [4.69, 9.17) is 0 Å². The average molecular weight is 373 g/mol. The van der Waals surface area contributed by atoms with E-state index in [-0.39, 0.29) is 17.6 Å². The van der Waals surface area contributed by atoms with Gasteiger partial charge in [0.1, 0.15) is 0 Å². The molecule has 0 spiro atoms. The highest BCUT2D eigenvalue weighted by Crippen LogP contribution is 2.37. The number of ketones is 1. The van der Waals surface area contributed by atoms with E-state index in [2.05, 4.69) is 9.80 Å². The van der Waals surface area contributed by atoms with E-state index in [0.29, 0.717) is 12.5 Å². The van der Waals surface area contributed by atoms with Gasteiger partial charge in [0.15, 0.2) is 5.78 Å². The number of Topliss-reactive ketones (excluding diaryl/α,β-unsaturated/α-hetero) is 1. The maximum atomic E-state index is 13.4. The van der Waals surface area contributed by atoms with E-state index in [1.54, 1.807) is 11.8 Å². The van der Waals surface area contributed by atoms with Crippen molar-refractivity contribution in [1.82, 2.24) is 9.80 Å². The molecule has 1 aromatic carbocycles. The molecule has 0 radical (unpaired) electrons. The van der Waals surface area contributed by atoms with Crippen LogP contribution in [0.2, 0.25) is 0 Å². The van der Waals surface area contributed by atoms with Crippen LogP contribution >= 0.6 is 11.8 Å². The van der Waals surface area contributed by atoms with Crippen LogP contribution in [0.15, 0.2) is 23.1 Å². The Kier molecular flexibility index (Phi) is 5.37. The predicted octanol–water partition coefficient (Wildman–Crippen LogP) is 3.56. The highest BCUT2D eigenvalue weighted by atomic mass is 32.2. The standard InChI is InChI=1S/C21H28N2O2S/c1-26-16-7-8-17-18(12-16)20(24)13-19(17)21(25)23-11-3-2-6-15(23)14-22-9-4-5-10-22/h7-8,12,15,19H,2-6,9-11,13-14H2,1H3. The van der Waals surface area contributed by atoms with Crippen molar-refractivity contribution in [3.05, 3.63) is 29.3 Å². The SMILES string of the molecule is CSc1ccc2c(c1)C(=O)CC2C(=O)N1CCCCC1CN1CCCC1. The van der Waals surface area contributed by atoms with Crippen LogP contribution in [-0.4, -0.2) is 60.0 Å². The monoisotopic (exact) mass is 372 g/mol. The molecule has 5 heteroatoms. The Morgan fingerprint density at radius 3 is 2.69 bits per heavy atom. The second-order valence-corrected chi connectivity index (χ2v) is 8.70. The molecule has 0 bridgehead atoms. The largest absolute Gasteiger partial charge is 0.338 e. The second kappa shape index (κ2) is 7.73. The lowest BCUT2D eigenvalue weighted by Gasteiger charge is -2.39. The smallest absolute Gasteiger partial charge is 0.230 e. The lowest BCUT2D eigenvalue weighted by atomic mass is 9.95. The Labute approximate surface area is 160 Å². The molecule has 3 aliphatic rings. The van der Waals surface area contributed by atoms with Crippen LogP contribution in [0, 0.1) is 0 Å². The normalized spacial score (nSPS) is 26.3. The molecule has 0 saturated carbocycles. The van der Waals surface area contributed by atoms with Gasteiger partial charge in [0.05, 0.1) is 5.92 Å². The van der Waals surface area contributed by atoms with Crippen molar-refractivity contribution in [3.63, 3.8) is 0 Å². The molecular formula is C21H28N2O2S. The molecule has 2 atom stereocenters. The third-order valence-corrected chi connectivity index (χ3v) is 6.93. The number of thioether (sulfide) groups is 1. The summed E-state index contributed by atoms with van der Waals surface area (Å²) >= 11 is 1.64. The van der Waals surface area contributed by atoms with E-state index in [0.717, 1.165) is 42.0 Å². The summed E-state index contributed by atoms with van der Waals surface area (Å²) < 4.78 is 0. The van der Waals surface area contributed by atoms with Gasteiger partial charge < -0.3 is 9.80 Å². The van der Waals surface area contributed by atoms with Gasteiger partial charge in [-0.1, -0.05) is 6.07 Å². The van der Waals surface area contributed by atoms with E-state index >= 15 is 0 Å². The third kappa shape index (κ3) is 3.44. The molecule has 2 saturated heterocycles. The molecule has 1 aromatic rings. The number of likely N-dealkylation sites (tertiary alicyclic amines) is 2. The van der Waals surface area contributed by atoms with Crippen molar-refractivity contribution in [2.45, 2.75) is 55.4 Å². The zero-order valence-electron chi connectivity index (χ0n) is 15.6. The van der Waals surface area contributed by atoms with Crippen molar-refractivity contribution in [2.24, 2.45) is 0 Å². The zero-order valence-corrected chi connectivity index (χ0v) is 16.4. The Balaban J connectivity index is 1.53. The lowest BCUT2D eigenvalue weighted by Crippen LogP contribution is -2.50. The first-order valence-electron chi connectivity index (χ1n) is 9.91. The van der Waals surface area contributed by atoms with E-state index < -0.39 is 0 Å². The number of nitrogens with zero attached hydrogens (tertiary/aromatic N) is 2. The van der Waals surface area contributed by atoms with E-state index in [1.165, 1.54) is 32.4 Å². The number of amides is 1. The molecule has 2 aliphatic heterocycles. The molecule has 0 aromatic heterocycles. The lowest BCUT2D eigenvalue weighted by molar-refractivity contribution is -0.136. The van der Waals surface area contributed by atoms with Crippen molar-refractivity contribution >= 4 is 23.5 Å². The van der Waals surface area contributed by atoms with Crippen LogP contribution < -0.4 is 0 Å². The van der Waals surface area contributed by atoms with Gasteiger partial charge >= 0.3 is 0 Å². The minimum Gasteiger partial charge on any atom is -0.338 e. The number of fused-ring (bicyclic) bond motifs is 1. The zero-order chi connectivity index (χ0) is 18.1. The fourth-order valence-corrected chi connectivity index (χ4v) is 5.22. The summed E-state index contributed by atoms with van der Waals surface area (Å²) in [6, 6.07) is 6.33. The Bertz CT molecular complexity index is 699.